The van der Waals surface area contributed by atoms with Crippen molar-refractivity contribution >= 4 is 21.8 Å². The van der Waals surface area contributed by atoms with E-state index >= 15 is 0 Å². The van der Waals surface area contributed by atoms with E-state index in [2.05, 4.69) is 15.6 Å². The zero-order valence-corrected chi connectivity index (χ0v) is 16.2. The third-order valence-electron chi connectivity index (χ3n) is 4.03. The van der Waals surface area contributed by atoms with Crippen molar-refractivity contribution in [3.05, 3.63) is 24.5 Å². The lowest BCUT2D eigenvalue weighted by molar-refractivity contribution is -0.129. The molecule has 0 atom stereocenters. The minimum Gasteiger partial charge on any atom is -0.350 e. The second kappa shape index (κ2) is 8.13. The van der Waals surface area contributed by atoms with Gasteiger partial charge in [-0.3, -0.25) is 14.6 Å². The van der Waals surface area contributed by atoms with Crippen LogP contribution in [0.4, 0.5) is 0 Å². The van der Waals surface area contributed by atoms with Gasteiger partial charge in [-0.2, -0.15) is 4.31 Å². The summed E-state index contributed by atoms with van der Waals surface area (Å²) in [6.07, 6.45) is 3.69. The molecule has 9 heteroatoms. The third-order valence-corrected chi connectivity index (χ3v) is 5.92. The van der Waals surface area contributed by atoms with Gasteiger partial charge < -0.3 is 10.6 Å². The molecule has 1 fully saturated rings. The Morgan fingerprint density at radius 3 is 2.46 bits per heavy atom. The summed E-state index contributed by atoms with van der Waals surface area (Å²) in [6.45, 7) is 6.05. The molecule has 2 heterocycles. The molecule has 2 amide bonds. The van der Waals surface area contributed by atoms with Gasteiger partial charge in [-0.05, 0) is 45.7 Å². The molecule has 1 saturated heterocycles. The highest BCUT2D eigenvalue weighted by Crippen LogP contribution is 2.23. The van der Waals surface area contributed by atoms with Crippen LogP contribution in [0.5, 0.6) is 0 Å². The predicted molar refractivity (Wildman–Crippen MR) is 96.6 cm³/mol. The van der Waals surface area contributed by atoms with E-state index in [1.165, 1.54) is 22.8 Å². The Morgan fingerprint density at radius 1 is 1.27 bits per heavy atom. The smallest absolute Gasteiger partial charge is 0.244 e. The van der Waals surface area contributed by atoms with E-state index in [4.69, 9.17) is 0 Å². The van der Waals surface area contributed by atoms with Crippen LogP contribution in [0.25, 0.3) is 0 Å². The highest BCUT2D eigenvalue weighted by molar-refractivity contribution is 7.89. The fourth-order valence-corrected chi connectivity index (χ4v) is 4.22. The molecular formula is C17H26N4O4S. The van der Waals surface area contributed by atoms with Crippen molar-refractivity contribution in [2.24, 2.45) is 5.92 Å². The van der Waals surface area contributed by atoms with Crippen LogP contribution in [0.15, 0.2) is 29.4 Å². The van der Waals surface area contributed by atoms with E-state index in [1.807, 2.05) is 20.8 Å². The Bertz CT molecular complexity index is 736. The number of pyridine rings is 1. The zero-order chi connectivity index (χ0) is 19.4. The van der Waals surface area contributed by atoms with Crippen LogP contribution in [0, 0.1) is 5.92 Å². The summed E-state index contributed by atoms with van der Waals surface area (Å²) in [5, 5.41) is 5.41. The van der Waals surface area contributed by atoms with Crippen molar-refractivity contribution in [2.75, 3.05) is 19.6 Å². The molecule has 0 aromatic carbocycles. The number of carbonyl (C=O) groups excluding carboxylic acids is 2. The summed E-state index contributed by atoms with van der Waals surface area (Å²) in [4.78, 5) is 28.0. The molecule has 1 aliphatic rings. The van der Waals surface area contributed by atoms with Gasteiger partial charge in [0.2, 0.25) is 21.8 Å². The van der Waals surface area contributed by atoms with Crippen LogP contribution in [0.1, 0.15) is 33.6 Å². The van der Waals surface area contributed by atoms with Crippen molar-refractivity contribution in [1.82, 2.24) is 19.9 Å². The summed E-state index contributed by atoms with van der Waals surface area (Å²) < 4.78 is 26.5. The van der Waals surface area contributed by atoms with Gasteiger partial charge in [0.1, 0.15) is 4.90 Å². The molecule has 1 aromatic rings. The van der Waals surface area contributed by atoms with Gasteiger partial charge in [0, 0.05) is 36.9 Å². The largest absolute Gasteiger partial charge is 0.350 e. The van der Waals surface area contributed by atoms with Crippen molar-refractivity contribution in [3.63, 3.8) is 0 Å². The molecule has 0 aliphatic carbocycles. The van der Waals surface area contributed by atoms with E-state index in [0.29, 0.717) is 12.8 Å². The number of hydrogen-bond donors (Lipinski definition) is 2. The van der Waals surface area contributed by atoms with Crippen LogP contribution in [0.3, 0.4) is 0 Å². The van der Waals surface area contributed by atoms with Crippen molar-refractivity contribution in [2.45, 2.75) is 44.0 Å². The first-order valence-corrected chi connectivity index (χ1v) is 10.0. The number of carbonyl (C=O) groups is 2. The number of nitrogens with zero attached hydrogens (tertiary/aromatic N) is 2. The van der Waals surface area contributed by atoms with Crippen molar-refractivity contribution < 1.29 is 18.0 Å². The molecule has 0 spiro atoms. The summed E-state index contributed by atoms with van der Waals surface area (Å²) in [7, 11) is -3.58. The van der Waals surface area contributed by atoms with Crippen LogP contribution >= 0.6 is 0 Å². The highest BCUT2D eigenvalue weighted by atomic mass is 32.2. The van der Waals surface area contributed by atoms with Gasteiger partial charge in [0.25, 0.3) is 0 Å². The summed E-state index contributed by atoms with van der Waals surface area (Å²) in [5.41, 5.74) is -0.353. The molecule has 26 heavy (non-hydrogen) atoms. The van der Waals surface area contributed by atoms with Crippen molar-refractivity contribution in [1.29, 1.82) is 0 Å². The van der Waals surface area contributed by atoms with Crippen LogP contribution in [-0.4, -0.2) is 54.7 Å². The molecule has 1 aromatic heterocycles. The normalized spacial score (nSPS) is 16.9. The second-order valence-electron chi connectivity index (χ2n) is 7.38. The lowest BCUT2D eigenvalue weighted by Gasteiger charge is -2.30. The molecule has 2 rings (SSSR count). The fourth-order valence-electron chi connectivity index (χ4n) is 2.78. The number of sulfonamides is 1. The number of amides is 2. The molecule has 0 bridgehead atoms. The van der Waals surface area contributed by atoms with E-state index in [9.17, 15) is 18.0 Å². The lowest BCUT2D eigenvalue weighted by Crippen LogP contribution is -2.48. The second-order valence-corrected chi connectivity index (χ2v) is 9.32. The maximum atomic E-state index is 12.5. The topological polar surface area (TPSA) is 108 Å². The van der Waals surface area contributed by atoms with Crippen LogP contribution in [-0.2, 0) is 19.6 Å². The van der Waals surface area contributed by atoms with E-state index in [-0.39, 0.29) is 47.8 Å². The minimum absolute atomic E-state index is 0.0791. The first-order valence-electron chi connectivity index (χ1n) is 8.58. The average molecular weight is 382 g/mol. The van der Waals surface area contributed by atoms with E-state index in [0.717, 1.165) is 0 Å². The average Bonchev–Trinajstić information content (AvgIpc) is 2.59. The quantitative estimate of drug-likeness (QED) is 0.771. The molecule has 144 valence electrons. The molecule has 2 N–H and O–H groups in total. The Labute approximate surface area is 154 Å². The Kier molecular flexibility index (Phi) is 6.35. The van der Waals surface area contributed by atoms with Gasteiger partial charge in [0.05, 0.1) is 6.54 Å². The summed E-state index contributed by atoms with van der Waals surface area (Å²) in [6, 6.07) is 3.09. The number of rotatable bonds is 5. The first-order chi connectivity index (χ1) is 12.1. The standard InChI is InChI=1S/C17H26N4O4S/c1-17(2,3)20-15(22)12-19-16(23)13-6-9-21(10-7-13)26(24,25)14-5-4-8-18-11-14/h4-5,8,11,13H,6-7,9-10,12H2,1-3H3,(H,19,23)(H,20,22). The van der Waals surface area contributed by atoms with Crippen molar-refractivity contribution in [3.8, 4) is 0 Å². The number of piperidine rings is 1. The number of hydrogen-bond acceptors (Lipinski definition) is 5. The molecule has 0 unspecified atom stereocenters. The molecular weight excluding hydrogens is 356 g/mol. The zero-order valence-electron chi connectivity index (χ0n) is 15.4. The van der Waals surface area contributed by atoms with E-state index < -0.39 is 10.0 Å². The Hall–Kier alpha value is -2.00. The van der Waals surface area contributed by atoms with E-state index in [1.54, 1.807) is 6.07 Å². The SMILES string of the molecule is CC(C)(C)NC(=O)CNC(=O)C1CCN(S(=O)(=O)c2cccnc2)CC1. The van der Waals surface area contributed by atoms with Crippen LogP contribution < -0.4 is 10.6 Å². The maximum absolute atomic E-state index is 12.5. The van der Waals surface area contributed by atoms with Gasteiger partial charge in [-0.15, -0.1) is 0 Å². The first kappa shape index (κ1) is 20.3. The molecule has 8 nitrogen and oxygen atoms in total. The molecule has 0 saturated carbocycles. The minimum atomic E-state index is -3.58. The Morgan fingerprint density at radius 2 is 1.92 bits per heavy atom. The summed E-state index contributed by atoms with van der Waals surface area (Å²) >= 11 is 0. The predicted octanol–water partition coefficient (Wildman–Crippen LogP) is 0.513. The molecule has 0 radical (unpaired) electrons. The molecule has 1 aliphatic heterocycles. The fraction of sp³-hybridized carbons (Fsp3) is 0.588. The summed E-state index contributed by atoms with van der Waals surface area (Å²) in [5.74, 6) is -0.757. The van der Waals surface area contributed by atoms with Gasteiger partial charge in [0.15, 0.2) is 0 Å². The van der Waals surface area contributed by atoms with Crippen LogP contribution in [0.2, 0.25) is 0 Å². The van der Waals surface area contributed by atoms with Gasteiger partial charge >= 0.3 is 0 Å². The van der Waals surface area contributed by atoms with Gasteiger partial charge in [-0.25, -0.2) is 8.42 Å². The van der Waals surface area contributed by atoms with Gasteiger partial charge in [-0.1, -0.05) is 0 Å². The maximum Gasteiger partial charge on any atom is 0.244 e. The lowest BCUT2D eigenvalue weighted by atomic mass is 9.97. The Balaban J connectivity index is 1.84. The number of nitrogens with one attached hydrogen (secondary N) is 2. The monoisotopic (exact) mass is 382 g/mol. The third kappa shape index (κ3) is 5.50. The number of aromatic nitrogens is 1. The highest BCUT2D eigenvalue weighted by Gasteiger charge is 2.32.